The minimum Gasteiger partial charge on any atom is -0.508 e. The van der Waals surface area contributed by atoms with Crippen LogP contribution in [0.2, 0.25) is 0 Å². The van der Waals surface area contributed by atoms with Crippen molar-refractivity contribution in [1.82, 2.24) is 0 Å². The molecule has 0 radical (unpaired) electrons. The summed E-state index contributed by atoms with van der Waals surface area (Å²) in [7, 11) is 0. The fourth-order valence-electron chi connectivity index (χ4n) is 3.45. The molecule has 2 aliphatic rings. The van der Waals surface area contributed by atoms with Gasteiger partial charge in [-0.1, -0.05) is 13.3 Å². The standard InChI is InChI=1S/C15H18N2O3/c1-2-8-5-10-11(6-8)15(20)17(14(10)19)13-4-3-9(18)7-12(13)16/h3-4,7-8,10-11,18H,2,5-6,16H2,1H3. The maximum atomic E-state index is 12.5. The fraction of sp³-hybridized carbons (Fsp3) is 0.467. The Bertz CT molecular complexity index is 560. The molecule has 20 heavy (non-hydrogen) atoms. The van der Waals surface area contributed by atoms with Crippen LogP contribution in [0.3, 0.4) is 0 Å². The first-order valence-corrected chi connectivity index (χ1v) is 6.99. The molecule has 1 saturated heterocycles. The molecular weight excluding hydrogens is 256 g/mol. The van der Waals surface area contributed by atoms with Crippen LogP contribution in [-0.4, -0.2) is 16.9 Å². The number of benzene rings is 1. The maximum Gasteiger partial charge on any atom is 0.237 e. The molecule has 1 saturated carbocycles. The lowest BCUT2D eigenvalue weighted by Crippen LogP contribution is -2.32. The summed E-state index contributed by atoms with van der Waals surface area (Å²) in [6.45, 7) is 2.09. The normalized spacial score (nSPS) is 29.1. The van der Waals surface area contributed by atoms with E-state index in [1.807, 2.05) is 0 Å². The monoisotopic (exact) mass is 274 g/mol. The van der Waals surface area contributed by atoms with Gasteiger partial charge in [-0.05, 0) is 30.9 Å². The van der Waals surface area contributed by atoms with Crippen LogP contribution in [0.15, 0.2) is 18.2 Å². The van der Waals surface area contributed by atoms with Gasteiger partial charge in [0.05, 0.1) is 23.2 Å². The first-order chi connectivity index (χ1) is 9.52. The number of nitrogen functional groups attached to an aromatic ring is 1. The Morgan fingerprint density at radius 1 is 1.25 bits per heavy atom. The lowest BCUT2D eigenvalue weighted by atomic mass is 10.00. The molecule has 5 heteroatoms. The molecule has 3 N–H and O–H groups in total. The number of nitrogens with zero attached hydrogens (tertiary/aromatic N) is 1. The summed E-state index contributed by atoms with van der Waals surface area (Å²) in [5, 5.41) is 9.37. The molecule has 0 bridgehead atoms. The van der Waals surface area contributed by atoms with E-state index in [4.69, 9.17) is 5.73 Å². The fourth-order valence-corrected chi connectivity index (χ4v) is 3.45. The molecule has 1 aromatic carbocycles. The van der Waals surface area contributed by atoms with Gasteiger partial charge in [-0.15, -0.1) is 0 Å². The van der Waals surface area contributed by atoms with E-state index in [-0.39, 0.29) is 35.1 Å². The van der Waals surface area contributed by atoms with Gasteiger partial charge in [0.2, 0.25) is 11.8 Å². The molecule has 0 aromatic heterocycles. The number of rotatable bonds is 2. The summed E-state index contributed by atoms with van der Waals surface area (Å²) in [5.41, 5.74) is 6.46. The third-order valence-corrected chi connectivity index (χ3v) is 4.56. The van der Waals surface area contributed by atoms with E-state index in [2.05, 4.69) is 6.92 Å². The Kier molecular flexibility index (Phi) is 2.92. The van der Waals surface area contributed by atoms with Crippen LogP contribution in [0.5, 0.6) is 5.75 Å². The summed E-state index contributed by atoms with van der Waals surface area (Å²) in [5.74, 6) is -0.184. The van der Waals surface area contributed by atoms with Gasteiger partial charge in [-0.2, -0.15) is 0 Å². The summed E-state index contributed by atoms with van der Waals surface area (Å²) >= 11 is 0. The molecule has 1 heterocycles. The van der Waals surface area contributed by atoms with Gasteiger partial charge >= 0.3 is 0 Å². The van der Waals surface area contributed by atoms with Gasteiger partial charge < -0.3 is 10.8 Å². The molecule has 1 aliphatic carbocycles. The Morgan fingerprint density at radius 2 is 1.85 bits per heavy atom. The van der Waals surface area contributed by atoms with Crippen molar-refractivity contribution in [2.24, 2.45) is 17.8 Å². The number of carbonyl (C=O) groups excluding carboxylic acids is 2. The van der Waals surface area contributed by atoms with Crippen molar-refractivity contribution < 1.29 is 14.7 Å². The van der Waals surface area contributed by atoms with Crippen molar-refractivity contribution in [3.63, 3.8) is 0 Å². The van der Waals surface area contributed by atoms with Crippen molar-refractivity contribution in [3.05, 3.63) is 18.2 Å². The minimum absolute atomic E-state index is 0.0246. The number of imide groups is 1. The van der Waals surface area contributed by atoms with Crippen LogP contribution in [-0.2, 0) is 9.59 Å². The van der Waals surface area contributed by atoms with Gasteiger partial charge in [0, 0.05) is 6.07 Å². The molecule has 2 atom stereocenters. The number of fused-ring (bicyclic) bond motifs is 1. The van der Waals surface area contributed by atoms with Crippen molar-refractivity contribution in [2.75, 3.05) is 10.6 Å². The van der Waals surface area contributed by atoms with Gasteiger partial charge in [0.1, 0.15) is 5.75 Å². The number of nitrogens with two attached hydrogens (primary N) is 1. The van der Waals surface area contributed by atoms with E-state index in [1.54, 1.807) is 0 Å². The number of hydrogen-bond donors (Lipinski definition) is 2. The third-order valence-electron chi connectivity index (χ3n) is 4.56. The molecule has 0 spiro atoms. The van der Waals surface area contributed by atoms with E-state index in [0.717, 1.165) is 19.3 Å². The molecular formula is C15H18N2O3. The Labute approximate surface area is 117 Å². The first-order valence-electron chi connectivity index (χ1n) is 6.99. The summed E-state index contributed by atoms with van der Waals surface area (Å²) < 4.78 is 0. The van der Waals surface area contributed by atoms with E-state index >= 15 is 0 Å². The van der Waals surface area contributed by atoms with Gasteiger partial charge in [0.15, 0.2) is 0 Å². The zero-order chi connectivity index (χ0) is 14.4. The average Bonchev–Trinajstić information content (AvgIpc) is 2.93. The summed E-state index contributed by atoms with van der Waals surface area (Å²) in [6, 6.07) is 4.33. The maximum absolute atomic E-state index is 12.5. The molecule has 3 rings (SSSR count). The second-order valence-corrected chi connectivity index (χ2v) is 5.71. The van der Waals surface area contributed by atoms with Crippen LogP contribution in [0.1, 0.15) is 26.2 Å². The highest BCUT2D eigenvalue weighted by atomic mass is 16.3. The molecule has 2 amide bonds. The molecule has 1 aliphatic heterocycles. The van der Waals surface area contributed by atoms with Crippen LogP contribution >= 0.6 is 0 Å². The topological polar surface area (TPSA) is 83.6 Å². The lowest BCUT2D eigenvalue weighted by Gasteiger charge is -2.19. The van der Waals surface area contributed by atoms with Gasteiger partial charge in [0.25, 0.3) is 0 Å². The van der Waals surface area contributed by atoms with E-state index in [1.165, 1.54) is 23.1 Å². The predicted molar refractivity (Wildman–Crippen MR) is 75.0 cm³/mol. The summed E-state index contributed by atoms with van der Waals surface area (Å²) in [4.78, 5) is 26.2. The van der Waals surface area contributed by atoms with Crippen molar-refractivity contribution in [3.8, 4) is 5.75 Å². The molecule has 1 aromatic rings. The number of aromatic hydroxyl groups is 1. The van der Waals surface area contributed by atoms with Crippen LogP contribution in [0.25, 0.3) is 0 Å². The number of phenolic OH excluding ortho intramolecular Hbond substituents is 1. The highest BCUT2D eigenvalue weighted by molar-refractivity contribution is 6.23. The molecule has 2 unspecified atom stereocenters. The predicted octanol–water partition coefficient (Wildman–Crippen LogP) is 1.90. The summed E-state index contributed by atoms with van der Waals surface area (Å²) in [6.07, 6.45) is 2.59. The number of carbonyl (C=O) groups is 2. The Hall–Kier alpha value is -2.04. The molecule has 5 nitrogen and oxygen atoms in total. The van der Waals surface area contributed by atoms with Gasteiger partial charge in [-0.3, -0.25) is 9.59 Å². The zero-order valence-electron chi connectivity index (χ0n) is 11.4. The Balaban J connectivity index is 1.94. The van der Waals surface area contributed by atoms with E-state index in [0.29, 0.717) is 11.6 Å². The van der Waals surface area contributed by atoms with Crippen LogP contribution in [0.4, 0.5) is 11.4 Å². The zero-order valence-corrected chi connectivity index (χ0v) is 11.4. The van der Waals surface area contributed by atoms with Crippen molar-refractivity contribution >= 4 is 23.2 Å². The van der Waals surface area contributed by atoms with E-state index in [9.17, 15) is 14.7 Å². The van der Waals surface area contributed by atoms with Crippen LogP contribution in [0, 0.1) is 17.8 Å². The first kappa shape index (κ1) is 13.0. The number of amides is 2. The number of phenols is 1. The van der Waals surface area contributed by atoms with E-state index < -0.39 is 0 Å². The number of hydrogen-bond acceptors (Lipinski definition) is 4. The average molecular weight is 274 g/mol. The Morgan fingerprint density at radius 3 is 2.35 bits per heavy atom. The molecule has 106 valence electrons. The largest absolute Gasteiger partial charge is 0.508 e. The van der Waals surface area contributed by atoms with Gasteiger partial charge in [-0.25, -0.2) is 4.90 Å². The highest BCUT2D eigenvalue weighted by Gasteiger charge is 2.53. The lowest BCUT2D eigenvalue weighted by molar-refractivity contribution is -0.123. The van der Waals surface area contributed by atoms with Crippen LogP contribution < -0.4 is 10.6 Å². The highest BCUT2D eigenvalue weighted by Crippen LogP contribution is 2.46. The van der Waals surface area contributed by atoms with Crippen molar-refractivity contribution in [2.45, 2.75) is 26.2 Å². The second-order valence-electron chi connectivity index (χ2n) is 5.71. The SMILES string of the molecule is CCC1CC2C(=O)N(c3ccc(O)cc3N)C(=O)C2C1. The second kappa shape index (κ2) is 4.51. The smallest absolute Gasteiger partial charge is 0.237 e. The quantitative estimate of drug-likeness (QED) is 0.637. The molecule has 2 fully saturated rings. The van der Waals surface area contributed by atoms with Crippen molar-refractivity contribution in [1.29, 1.82) is 0 Å². The minimum atomic E-state index is -0.194. The number of anilines is 2. The third kappa shape index (κ3) is 1.77.